The predicted molar refractivity (Wildman–Crippen MR) is 126 cm³/mol. The Labute approximate surface area is 181 Å². The first-order valence-electron chi connectivity index (χ1n) is 10.0. The molecule has 0 unspecified atom stereocenters. The summed E-state index contributed by atoms with van der Waals surface area (Å²) >= 11 is 0. The third-order valence-corrected chi connectivity index (χ3v) is 4.69. The summed E-state index contributed by atoms with van der Waals surface area (Å²) in [7, 11) is 0. The fourth-order valence-electron chi connectivity index (χ4n) is 3.11. The Bertz CT molecular complexity index is 1220. The van der Waals surface area contributed by atoms with E-state index in [9.17, 15) is 4.79 Å². The fraction of sp³-hybridized carbons (Fsp3) is 0.0370. The van der Waals surface area contributed by atoms with Crippen LogP contribution < -0.4 is 10.2 Å². The zero-order valence-electron chi connectivity index (χ0n) is 16.9. The van der Waals surface area contributed by atoms with Crippen molar-refractivity contribution in [1.29, 1.82) is 0 Å². The number of hydrogen-bond acceptors (Lipinski definition) is 3. The van der Waals surface area contributed by atoms with Crippen molar-refractivity contribution in [2.45, 2.75) is 0 Å². The Morgan fingerprint density at radius 3 is 2.26 bits per heavy atom. The van der Waals surface area contributed by atoms with Crippen LogP contribution in [-0.2, 0) is 4.79 Å². The van der Waals surface area contributed by atoms with Gasteiger partial charge in [-0.2, -0.15) is 5.10 Å². The molecular weight excluding hydrogens is 384 g/mol. The summed E-state index contributed by atoms with van der Waals surface area (Å²) in [5, 5.41) is 6.51. The highest BCUT2D eigenvalue weighted by Crippen LogP contribution is 2.20. The summed E-state index contributed by atoms with van der Waals surface area (Å²) in [5.41, 5.74) is 5.21. The number of nitrogens with zero attached hydrogens (tertiary/aromatic N) is 1. The standard InChI is InChI=1S/C27H22N2O2/c30-27(20-31-25-17-16-22-11-7-8-14-24(22)19-25)29-28-26(23-12-5-2-6-13-23)18-15-21-9-3-1-4-10-21/h1-19H,20H2,(H,29,30)/b18-15+,28-26?. The van der Waals surface area contributed by atoms with Gasteiger partial charge in [-0.15, -0.1) is 0 Å². The molecule has 0 heterocycles. The second kappa shape index (κ2) is 10.0. The molecule has 0 aliphatic heterocycles. The summed E-state index contributed by atoms with van der Waals surface area (Å²) in [5.74, 6) is 0.319. The minimum Gasteiger partial charge on any atom is -0.484 e. The van der Waals surface area contributed by atoms with Crippen LogP contribution in [0.25, 0.3) is 16.8 Å². The molecule has 0 aromatic heterocycles. The summed E-state index contributed by atoms with van der Waals surface area (Å²) in [6.07, 6.45) is 3.85. The van der Waals surface area contributed by atoms with E-state index in [-0.39, 0.29) is 12.5 Å². The van der Waals surface area contributed by atoms with Gasteiger partial charge in [0, 0.05) is 5.56 Å². The van der Waals surface area contributed by atoms with E-state index in [2.05, 4.69) is 10.5 Å². The van der Waals surface area contributed by atoms with Crippen molar-refractivity contribution in [2.75, 3.05) is 6.61 Å². The molecular formula is C27H22N2O2. The van der Waals surface area contributed by atoms with E-state index in [0.29, 0.717) is 11.5 Å². The lowest BCUT2D eigenvalue weighted by Gasteiger charge is -2.07. The number of hydrogen-bond donors (Lipinski definition) is 1. The first-order valence-corrected chi connectivity index (χ1v) is 10.0. The van der Waals surface area contributed by atoms with Gasteiger partial charge in [0.1, 0.15) is 5.75 Å². The van der Waals surface area contributed by atoms with Gasteiger partial charge in [0.2, 0.25) is 0 Å². The van der Waals surface area contributed by atoms with Crippen molar-refractivity contribution >= 4 is 28.5 Å². The molecule has 0 atom stereocenters. The Hall–Kier alpha value is -4.18. The Balaban J connectivity index is 1.43. The number of nitrogens with one attached hydrogen (secondary N) is 1. The highest BCUT2D eigenvalue weighted by atomic mass is 16.5. The molecule has 0 saturated heterocycles. The number of fused-ring (bicyclic) bond motifs is 1. The average molecular weight is 406 g/mol. The summed E-state index contributed by atoms with van der Waals surface area (Å²) in [4.78, 5) is 12.3. The van der Waals surface area contributed by atoms with E-state index in [1.54, 1.807) is 0 Å². The van der Waals surface area contributed by atoms with E-state index in [1.165, 1.54) is 0 Å². The van der Waals surface area contributed by atoms with Gasteiger partial charge in [-0.1, -0.05) is 97.1 Å². The number of carbonyl (C=O) groups excluding carboxylic acids is 1. The second-order valence-corrected chi connectivity index (χ2v) is 6.94. The van der Waals surface area contributed by atoms with Crippen LogP contribution in [0.15, 0.2) is 114 Å². The zero-order valence-corrected chi connectivity index (χ0v) is 16.9. The van der Waals surface area contributed by atoms with Crippen LogP contribution in [0, 0.1) is 0 Å². The Kier molecular flexibility index (Phi) is 6.51. The molecule has 0 fully saturated rings. The first-order chi connectivity index (χ1) is 15.3. The quantitative estimate of drug-likeness (QED) is 0.328. The number of ether oxygens (including phenoxy) is 1. The minimum absolute atomic E-state index is 0.119. The van der Waals surface area contributed by atoms with Crippen LogP contribution in [0.5, 0.6) is 5.75 Å². The van der Waals surface area contributed by atoms with Gasteiger partial charge < -0.3 is 4.74 Å². The SMILES string of the molecule is O=C(COc1ccc2ccccc2c1)NN=C(/C=C/c1ccccc1)c1ccccc1. The second-order valence-electron chi connectivity index (χ2n) is 6.94. The minimum atomic E-state index is -0.324. The number of hydrazone groups is 1. The van der Waals surface area contributed by atoms with E-state index in [0.717, 1.165) is 21.9 Å². The van der Waals surface area contributed by atoms with Crippen LogP contribution >= 0.6 is 0 Å². The summed E-state index contributed by atoms with van der Waals surface area (Å²) < 4.78 is 5.64. The van der Waals surface area contributed by atoms with Crippen LogP contribution in [0.4, 0.5) is 0 Å². The van der Waals surface area contributed by atoms with Gasteiger partial charge in [0.05, 0.1) is 5.71 Å². The van der Waals surface area contributed by atoms with Crippen molar-refractivity contribution in [3.63, 3.8) is 0 Å². The van der Waals surface area contributed by atoms with E-state index in [4.69, 9.17) is 4.74 Å². The number of rotatable bonds is 7. The number of amides is 1. The topological polar surface area (TPSA) is 50.7 Å². The molecule has 4 nitrogen and oxygen atoms in total. The number of allylic oxidation sites excluding steroid dienone is 1. The molecule has 4 rings (SSSR count). The Morgan fingerprint density at radius 2 is 1.48 bits per heavy atom. The van der Waals surface area contributed by atoms with Gasteiger partial charge in [-0.05, 0) is 34.5 Å². The fourth-order valence-corrected chi connectivity index (χ4v) is 3.11. The molecule has 152 valence electrons. The predicted octanol–water partition coefficient (Wildman–Crippen LogP) is 5.45. The highest BCUT2D eigenvalue weighted by Gasteiger charge is 2.05. The average Bonchev–Trinajstić information content (AvgIpc) is 2.84. The van der Waals surface area contributed by atoms with E-state index in [1.807, 2.05) is 115 Å². The van der Waals surface area contributed by atoms with Crippen LogP contribution in [0.1, 0.15) is 11.1 Å². The van der Waals surface area contributed by atoms with Crippen LogP contribution in [-0.4, -0.2) is 18.2 Å². The van der Waals surface area contributed by atoms with Crippen LogP contribution in [0.2, 0.25) is 0 Å². The molecule has 31 heavy (non-hydrogen) atoms. The lowest BCUT2D eigenvalue weighted by atomic mass is 10.1. The smallest absolute Gasteiger partial charge is 0.277 e. The van der Waals surface area contributed by atoms with Gasteiger partial charge in [0.15, 0.2) is 6.61 Å². The third-order valence-electron chi connectivity index (χ3n) is 4.69. The molecule has 0 aliphatic rings. The normalized spacial score (nSPS) is 11.5. The molecule has 1 amide bonds. The molecule has 0 bridgehead atoms. The maximum Gasteiger partial charge on any atom is 0.277 e. The highest BCUT2D eigenvalue weighted by molar-refractivity contribution is 6.11. The van der Waals surface area contributed by atoms with Gasteiger partial charge >= 0.3 is 0 Å². The van der Waals surface area contributed by atoms with Crippen molar-refractivity contribution in [3.05, 3.63) is 120 Å². The molecule has 0 aliphatic carbocycles. The maximum atomic E-state index is 12.3. The van der Waals surface area contributed by atoms with Gasteiger partial charge in [-0.25, -0.2) is 5.43 Å². The molecule has 1 N–H and O–H groups in total. The van der Waals surface area contributed by atoms with Gasteiger partial charge in [-0.3, -0.25) is 4.79 Å². The summed E-state index contributed by atoms with van der Waals surface area (Å²) in [6.45, 7) is -0.119. The van der Waals surface area contributed by atoms with E-state index < -0.39 is 0 Å². The van der Waals surface area contributed by atoms with Gasteiger partial charge in [0.25, 0.3) is 5.91 Å². The van der Waals surface area contributed by atoms with E-state index >= 15 is 0 Å². The van der Waals surface area contributed by atoms with Crippen molar-refractivity contribution < 1.29 is 9.53 Å². The monoisotopic (exact) mass is 406 g/mol. The molecule has 4 aromatic carbocycles. The number of carbonyl (C=O) groups is 1. The van der Waals surface area contributed by atoms with Crippen LogP contribution in [0.3, 0.4) is 0 Å². The van der Waals surface area contributed by atoms with Crippen molar-refractivity contribution in [3.8, 4) is 5.75 Å². The number of benzene rings is 4. The first kappa shape index (κ1) is 20.1. The zero-order chi connectivity index (χ0) is 21.3. The Morgan fingerprint density at radius 1 is 0.806 bits per heavy atom. The third kappa shape index (κ3) is 5.67. The largest absolute Gasteiger partial charge is 0.484 e. The van der Waals surface area contributed by atoms with Crippen molar-refractivity contribution in [1.82, 2.24) is 5.43 Å². The molecule has 4 aromatic rings. The lowest BCUT2D eigenvalue weighted by molar-refractivity contribution is -0.123. The molecule has 0 radical (unpaired) electrons. The molecule has 4 heteroatoms. The summed E-state index contributed by atoms with van der Waals surface area (Å²) in [6, 6.07) is 33.4. The van der Waals surface area contributed by atoms with Crippen molar-refractivity contribution in [2.24, 2.45) is 5.10 Å². The molecule has 0 spiro atoms. The lowest BCUT2D eigenvalue weighted by Crippen LogP contribution is -2.25. The maximum absolute atomic E-state index is 12.3. The molecule has 0 saturated carbocycles.